The van der Waals surface area contributed by atoms with E-state index in [4.69, 9.17) is 47.4 Å². The monoisotopic (exact) mass is 1720 g/mol. The first-order valence-electron chi connectivity index (χ1n) is 42.4. The lowest BCUT2D eigenvalue weighted by atomic mass is 9.73. The van der Waals surface area contributed by atoms with Crippen molar-refractivity contribution in [3.63, 3.8) is 0 Å². The number of imide groups is 1. The molecule has 7 N–H and O–H groups in total. The van der Waals surface area contributed by atoms with Gasteiger partial charge in [-0.2, -0.15) is 5.26 Å². The van der Waals surface area contributed by atoms with Crippen molar-refractivity contribution in [3.8, 4) is 29.1 Å². The Labute approximate surface area is 735 Å². The molecule has 0 spiro atoms. The normalized spacial score (nSPS) is 13.7. The lowest BCUT2D eigenvalue weighted by molar-refractivity contribution is -0.145. The summed E-state index contributed by atoms with van der Waals surface area (Å²) in [4.78, 5) is 91.0. The Balaban J connectivity index is 0.000000243. The third kappa shape index (κ3) is 25.9. The molecule has 25 heteroatoms. The lowest BCUT2D eigenvalue weighted by Gasteiger charge is -2.41. The molecule has 3 atom stereocenters. The molecule has 658 valence electrons. The molecule has 1 aliphatic heterocycles. The number of fused-ring (bicyclic) bond motifs is 1. The third-order valence-electron chi connectivity index (χ3n) is 22.9. The van der Waals surface area contributed by atoms with Crippen LogP contribution in [0.2, 0.25) is 10.0 Å². The second-order valence-electron chi connectivity index (χ2n) is 36.6. The van der Waals surface area contributed by atoms with Crippen LogP contribution >= 0.6 is 23.2 Å². The summed E-state index contributed by atoms with van der Waals surface area (Å²) in [6.45, 7) is 41.5. The predicted octanol–water partition coefficient (Wildman–Crippen LogP) is 22.3. The number of nitrogens with one attached hydrogen (secondary N) is 6. The topological polar surface area (TPSA) is 310 Å². The fourth-order valence-electron chi connectivity index (χ4n) is 13.5. The minimum Gasteiger partial charge on any atom is -0.506 e. The first-order valence-corrected chi connectivity index (χ1v) is 43.2. The number of hydrogen-bond donors (Lipinski definition) is 7. The van der Waals surface area contributed by atoms with Crippen LogP contribution in [0.25, 0.3) is 5.65 Å². The molecule has 1 fully saturated rings. The molecule has 7 aromatic carbocycles. The maximum absolute atomic E-state index is 14.2. The second kappa shape index (κ2) is 41.8. The van der Waals surface area contributed by atoms with Crippen molar-refractivity contribution in [1.82, 2.24) is 30.0 Å². The molecule has 1 aliphatic rings. The number of aromatic hydroxyl groups is 1. The van der Waals surface area contributed by atoms with Crippen molar-refractivity contribution >= 4 is 93.1 Å². The van der Waals surface area contributed by atoms with E-state index in [1.807, 2.05) is 79.9 Å². The highest BCUT2D eigenvalue weighted by Crippen LogP contribution is 2.42. The maximum Gasteiger partial charge on any atom is 0.418 e. The van der Waals surface area contributed by atoms with E-state index in [2.05, 4.69) is 173 Å². The number of ether oxygens (including phenoxy) is 4. The number of carbonyl (C=O) groups excluding carboxylic acids is 7. The van der Waals surface area contributed by atoms with E-state index in [-0.39, 0.29) is 50.2 Å². The lowest BCUT2D eigenvalue weighted by Crippen LogP contribution is -2.59. The second-order valence-corrected chi connectivity index (χ2v) is 37.3. The number of Topliss-reactive ketones (excluding diaryl/α,β-unsaturated/α-hetero) is 1. The SMILES string of the molecule is CCC(C)(C)c1ccc(OC(C)C(=O)Nc2ccc(NC(=O)Nc3ccc(C#N)cc3)c(O)c2)c(C(C)(C)CC)c1.CCCCCCCCCCC(Oc1ccc(Cc2ccc(OCc3ccccc3)cc2)cc1)C(=O)NC(C)(C)C(C)(C)c1nnc2c(Cl)c(C(C)(C)C)[nH]n12.Cc1ccc(Cl)c(NC(=O)C(C(=O)C(C)(C)C)N2C(=O)OC(C)(C)C2=O)c1. The summed E-state index contributed by atoms with van der Waals surface area (Å²) in [7, 11) is 0. The fourth-order valence-corrected chi connectivity index (χ4v) is 14.1. The number of unbranched alkanes of at least 4 members (excludes halogenated alkanes) is 7. The zero-order chi connectivity index (χ0) is 90.7. The standard InChI is InChI=1S/C46H62ClN5O3.C33H40N4O4.C19H23ClN2O5/c1-9-10-11-12-13-14-15-19-22-38(42(53)48-46(7,8)45(5,6)43-50-49-41-39(47)40(44(2,3)4)51-52(41)43)55-37-29-25-34(26-30-37)31-33-23-27-36(28-24-33)54-32-35-20-17-16-18-21-35;1-8-32(4,5)23-12-17-29(26(18-23)33(6,7)9-2)41-21(3)30(39)35-25-15-16-27(28(38)19-25)37-31(40)36-24-13-10-22(20-34)11-14-24;1-10-7-8-11(20)12(9-10)21-15(24)13(14(23)18(2,3)4)22-16(25)19(5,6)27-17(22)26/h16-18,20-21,23-30,38,51H,9-15,19,22,31-32H2,1-8H3,(H,48,53);10-19,21,38H,8-9H2,1-7H3,(H,35,39)(H2,36,37,40);7-9,13H,1-6H3,(H,21,24). The molecule has 3 unspecified atom stereocenters. The third-order valence-corrected chi connectivity index (χ3v) is 23.6. The zero-order valence-corrected chi connectivity index (χ0v) is 76.9. The van der Waals surface area contributed by atoms with Gasteiger partial charge in [-0.3, -0.25) is 29.1 Å². The number of urea groups is 1. The summed E-state index contributed by atoms with van der Waals surface area (Å²) in [5.74, 6) is -0.00380. The van der Waals surface area contributed by atoms with Crippen LogP contribution in [0.1, 0.15) is 260 Å². The minimum atomic E-state index is -1.66. The number of anilines is 4. The summed E-state index contributed by atoms with van der Waals surface area (Å²) < 4.78 is 25.6. The van der Waals surface area contributed by atoms with Gasteiger partial charge in [0, 0.05) is 44.8 Å². The van der Waals surface area contributed by atoms with Crippen molar-refractivity contribution in [2.75, 3.05) is 21.3 Å². The summed E-state index contributed by atoms with van der Waals surface area (Å²) in [6.07, 6.45) is 10.4. The van der Waals surface area contributed by atoms with Crippen molar-refractivity contribution in [3.05, 3.63) is 218 Å². The number of H-pyrrole nitrogens is 1. The molecule has 10 rings (SSSR count). The molecule has 0 radical (unpaired) electrons. The van der Waals surface area contributed by atoms with Gasteiger partial charge in [0.2, 0.25) is 0 Å². The van der Waals surface area contributed by atoms with Crippen LogP contribution < -0.4 is 40.8 Å². The summed E-state index contributed by atoms with van der Waals surface area (Å²) in [5.41, 5.74) is 5.77. The highest BCUT2D eigenvalue weighted by atomic mass is 35.5. The molecular formula is C98H125Cl2N11O12. The van der Waals surface area contributed by atoms with Crippen LogP contribution in [0.15, 0.2) is 158 Å². The number of aromatic nitrogens is 4. The van der Waals surface area contributed by atoms with Gasteiger partial charge in [-0.15, -0.1) is 10.2 Å². The van der Waals surface area contributed by atoms with Crippen LogP contribution in [-0.2, 0) is 63.4 Å². The first-order chi connectivity index (χ1) is 57.7. The molecule has 123 heavy (non-hydrogen) atoms. The zero-order valence-electron chi connectivity index (χ0n) is 75.4. The van der Waals surface area contributed by atoms with E-state index < -0.39 is 69.9 Å². The summed E-state index contributed by atoms with van der Waals surface area (Å²) >= 11 is 12.9. The maximum atomic E-state index is 14.2. The van der Waals surface area contributed by atoms with Gasteiger partial charge >= 0.3 is 12.1 Å². The number of rotatable bonds is 34. The number of benzene rings is 7. The Morgan fingerprint density at radius 1 is 0.626 bits per heavy atom. The van der Waals surface area contributed by atoms with E-state index in [9.17, 15) is 38.7 Å². The van der Waals surface area contributed by atoms with Crippen LogP contribution in [0.3, 0.4) is 0 Å². The summed E-state index contributed by atoms with van der Waals surface area (Å²) in [6, 6.07) is 48.4. The predicted molar refractivity (Wildman–Crippen MR) is 489 cm³/mol. The number of nitriles is 1. The van der Waals surface area contributed by atoms with Gasteiger partial charge in [0.1, 0.15) is 34.6 Å². The van der Waals surface area contributed by atoms with E-state index >= 15 is 0 Å². The molecule has 1 saturated heterocycles. The van der Waals surface area contributed by atoms with Crippen molar-refractivity contribution in [1.29, 1.82) is 5.26 Å². The number of nitrogens with zero attached hydrogens (tertiary/aromatic N) is 5. The molecule has 0 saturated carbocycles. The molecule has 0 aliphatic carbocycles. The highest BCUT2D eigenvalue weighted by Gasteiger charge is 2.55. The fraction of sp³-hybridized carbons (Fsp3) is 0.449. The van der Waals surface area contributed by atoms with E-state index in [0.29, 0.717) is 62.9 Å². The molecule has 7 amide bonds. The number of aryl methyl sites for hydroxylation is 1. The number of amides is 7. The van der Waals surface area contributed by atoms with Crippen LogP contribution in [0.5, 0.6) is 23.0 Å². The Bertz CT molecular complexity index is 5190. The molecule has 9 aromatic rings. The van der Waals surface area contributed by atoms with Crippen LogP contribution in [0, 0.1) is 23.7 Å². The van der Waals surface area contributed by atoms with E-state index in [0.717, 1.165) is 65.8 Å². The minimum absolute atomic E-state index is 0.0213. The Morgan fingerprint density at radius 3 is 1.80 bits per heavy atom. The smallest absolute Gasteiger partial charge is 0.418 e. The quantitative estimate of drug-likeness (QED) is 0.0112. The molecular weight excluding hydrogens is 1590 g/mol. The largest absolute Gasteiger partial charge is 0.506 e. The number of phenols is 1. The van der Waals surface area contributed by atoms with Gasteiger partial charge in [0.25, 0.3) is 23.6 Å². The molecule has 2 aromatic heterocycles. The molecule has 3 heterocycles. The average molecular weight is 1720 g/mol. The number of aromatic amines is 1. The van der Waals surface area contributed by atoms with Crippen molar-refractivity contribution < 1.29 is 57.6 Å². The van der Waals surface area contributed by atoms with Gasteiger partial charge in [-0.1, -0.05) is 245 Å². The number of carbonyl (C=O) groups is 7. The summed E-state index contributed by atoms with van der Waals surface area (Å²) in [5, 5.41) is 46.5. The first kappa shape index (κ1) is 97.2. The van der Waals surface area contributed by atoms with E-state index in [1.165, 1.54) is 75.6 Å². The number of halogens is 2. The van der Waals surface area contributed by atoms with Crippen molar-refractivity contribution in [2.24, 2.45) is 5.41 Å². The number of cyclic esters (lactones) is 1. The number of ketones is 1. The van der Waals surface area contributed by atoms with Gasteiger partial charge in [0.05, 0.1) is 33.7 Å². The molecule has 23 nitrogen and oxygen atoms in total. The van der Waals surface area contributed by atoms with Gasteiger partial charge in [-0.05, 0) is 191 Å². The highest BCUT2D eigenvalue weighted by molar-refractivity contribution is 6.34. The molecule has 0 bridgehead atoms. The Kier molecular flexibility index (Phi) is 33.0. The van der Waals surface area contributed by atoms with Crippen LogP contribution in [-0.4, -0.2) is 101 Å². The Hall–Kier alpha value is -11.2. The van der Waals surface area contributed by atoms with Gasteiger partial charge < -0.3 is 50.6 Å². The number of hydrogen-bond acceptors (Lipinski definition) is 15. The Morgan fingerprint density at radius 2 is 1.23 bits per heavy atom. The van der Waals surface area contributed by atoms with E-state index in [1.54, 1.807) is 76.2 Å². The van der Waals surface area contributed by atoms with Gasteiger partial charge in [0.15, 0.2) is 41.1 Å². The average Bonchev–Trinajstić information content (AvgIpc) is 1.58. The van der Waals surface area contributed by atoms with Crippen LogP contribution in [0.4, 0.5) is 32.3 Å². The number of phenolic OH excluding ortho intramolecular Hbond substituents is 1. The van der Waals surface area contributed by atoms with Crippen molar-refractivity contribution in [2.45, 2.75) is 280 Å². The van der Waals surface area contributed by atoms with Gasteiger partial charge in [-0.25, -0.2) is 19.0 Å².